The van der Waals surface area contributed by atoms with Crippen molar-refractivity contribution in [3.8, 4) is 5.69 Å². The van der Waals surface area contributed by atoms with Crippen LogP contribution in [0.2, 0.25) is 0 Å². The second kappa shape index (κ2) is 9.59. The zero-order valence-electron chi connectivity index (χ0n) is 16.0. The molecule has 1 saturated heterocycles. The van der Waals surface area contributed by atoms with Gasteiger partial charge >= 0.3 is 6.03 Å². The third-order valence-electron chi connectivity index (χ3n) is 4.91. The maximum absolute atomic E-state index is 12.7. The van der Waals surface area contributed by atoms with E-state index in [0.29, 0.717) is 24.0 Å². The molecule has 1 aliphatic rings. The topological polar surface area (TPSA) is 106 Å². The zero-order chi connectivity index (χ0) is 19.9. The van der Waals surface area contributed by atoms with Crippen molar-refractivity contribution in [1.82, 2.24) is 25.0 Å². The summed E-state index contributed by atoms with van der Waals surface area (Å²) in [6.07, 6.45) is 4.51. The lowest BCUT2D eigenvalue weighted by molar-refractivity contribution is -0.130. The molecule has 150 valence electrons. The van der Waals surface area contributed by atoms with Crippen LogP contribution in [0.25, 0.3) is 5.69 Å². The first kappa shape index (κ1) is 20.2. The number of hydrogen-bond donors (Lipinski definition) is 2. The molecule has 8 nitrogen and oxygen atoms in total. The number of aryl methyl sites for hydroxylation is 1. The molecule has 0 bridgehead atoms. The van der Waals surface area contributed by atoms with Gasteiger partial charge in [-0.2, -0.15) is 0 Å². The van der Waals surface area contributed by atoms with Gasteiger partial charge in [-0.3, -0.25) is 9.36 Å². The van der Waals surface area contributed by atoms with Gasteiger partial charge in [0.05, 0.1) is 11.4 Å². The Hall–Kier alpha value is -2.55. The number of urea groups is 1. The number of aromatic nitrogens is 3. The highest BCUT2D eigenvalue weighted by Crippen LogP contribution is 2.24. The largest absolute Gasteiger partial charge is 0.352 e. The lowest BCUT2D eigenvalue weighted by atomic mass is 9.98. The minimum Gasteiger partial charge on any atom is -0.352 e. The second-order valence-corrected chi connectivity index (χ2v) is 7.79. The van der Waals surface area contributed by atoms with Crippen LogP contribution >= 0.6 is 11.8 Å². The Morgan fingerprint density at radius 2 is 2.18 bits per heavy atom. The Kier molecular flexibility index (Phi) is 6.91. The number of primary amides is 1. The molecule has 1 aliphatic heterocycles. The number of likely N-dealkylation sites (tertiary alicyclic amines) is 1. The van der Waals surface area contributed by atoms with Crippen molar-refractivity contribution >= 4 is 23.7 Å². The maximum atomic E-state index is 12.7. The van der Waals surface area contributed by atoms with Crippen LogP contribution in [0, 0.1) is 5.92 Å². The highest BCUT2D eigenvalue weighted by molar-refractivity contribution is 7.99. The molecule has 0 saturated carbocycles. The number of carbonyl (C=O) groups excluding carboxylic acids is 2. The van der Waals surface area contributed by atoms with Gasteiger partial charge in [0, 0.05) is 19.6 Å². The number of nitrogens with two attached hydrogens (primary N) is 1. The van der Waals surface area contributed by atoms with Gasteiger partial charge in [-0.25, -0.2) is 4.79 Å². The molecule has 0 spiro atoms. The first-order valence-corrected chi connectivity index (χ1v) is 10.5. The summed E-state index contributed by atoms with van der Waals surface area (Å²) in [5, 5.41) is 11.6. The number of amides is 3. The molecule has 3 amide bonds. The predicted molar refractivity (Wildman–Crippen MR) is 108 cm³/mol. The van der Waals surface area contributed by atoms with Crippen molar-refractivity contribution in [2.75, 3.05) is 25.4 Å². The predicted octanol–water partition coefficient (Wildman–Crippen LogP) is 1.83. The monoisotopic (exact) mass is 402 g/mol. The molecule has 1 atom stereocenters. The van der Waals surface area contributed by atoms with Crippen molar-refractivity contribution in [3.63, 3.8) is 0 Å². The van der Waals surface area contributed by atoms with Crippen molar-refractivity contribution in [3.05, 3.63) is 36.2 Å². The minimum atomic E-state index is -0.522. The van der Waals surface area contributed by atoms with Crippen LogP contribution in [0.15, 0.2) is 35.7 Å². The fraction of sp³-hybridized carbons (Fsp3) is 0.474. The summed E-state index contributed by atoms with van der Waals surface area (Å²) < 4.78 is 1.94. The SMILES string of the molecule is CCc1ccccc1-n1cnnc1SCC(=O)N1CCC[C@H](CNC(N)=O)C1. The number of para-hydroxylation sites is 1. The fourth-order valence-electron chi connectivity index (χ4n) is 3.45. The van der Waals surface area contributed by atoms with Gasteiger partial charge in [-0.1, -0.05) is 36.9 Å². The van der Waals surface area contributed by atoms with Crippen LogP contribution in [0.5, 0.6) is 0 Å². The summed E-state index contributed by atoms with van der Waals surface area (Å²) in [4.78, 5) is 25.4. The normalized spacial score (nSPS) is 16.8. The van der Waals surface area contributed by atoms with Crippen LogP contribution in [-0.2, 0) is 11.2 Å². The Morgan fingerprint density at radius 1 is 1.36 bits per heavy atom. The summed E-state index contributed by atoms with van der Waals surface area (Å²) in [6, 6.07) is 7.61. The van der Waals surface area contributed by atoms with E-state index in [4.69, 9.17) is 5.73 Å². The molecule has 2 aromatic rings. The van der Waals surface area contributed by atoms with Crippen molar-refractivity contribution in [2.45, 2.75) is 31.3 Å². The van der Waals surface area contributed by atoms with Gasteiger partial charge in [0.2, 0.25) is 5.91 Å². The number of nitrogens with one attached hydrogen (secondary N) is 1. The average Bonchev–Trinajstić information content (AvgIpc) is 3.19. The molecule has 0 unspecified atom stereocenters. The van der Waals surface area contributed by atoms with Crippen LogP contribution in [0.4, 0.5) is 4.79 Å². The number of thioether (sulfide) groups is 1. The molecule has 0 radical (unpaired) electrons. The van der Waals surface area contributed by atoms with Crippen molar-refractivity contribution in [2.24, 2.45) is 11.7 Å². The van der Waals surface area contributed by atoms with Crippen LogP contribution < -0.4 is 11.1 Å². The summed E-state index contributed by atoms with van der Waals surface area (Å²) in [5.41, 5.74) is 7.39. The molecule has 1 aromatic heterocycles. The van der Waals surface area contributed by atoms with Gasteiger partial charge in [0.15, 0.2) is 5.16 Å². The van der Waals surface area contributed by atoms with E-state index in [-0.39, 0.29) is 11.8 Å². The lowest BCUT2D eigenvalue weighted by Crippen LogP contribution is -2.45. The third-order valence-corrected chi connectivity index (χ3v) is 5.84. The Labute approximate surface area is 168 Å². The molecule has 3 N–H and O–H groups in total. The van der Waals surface area contributed by atoms with Crippen molar-refractivity contribution in [1.29, 1.82) is 0 Å². The fourth-order valence-corrected chi connectivity index (χ4v) is 4.28. The minimum absolute atomic E-state index is 0.0760. The first-order valence-electron chi connectivity index (χ1n) is 9.50. The standard InChI is InChI=1S/C19H26N6O2S/c1-2-15-7-3-4-8-16(15)25-13-22-23-19(25)28-12-17(26)24-9-5-6-14(11-24)10-21-18(20)27/h3-4,7-8,13-14H,2,5-6,9-12H2,1H3,(H3,20,21,27)/t14-/m1/s1. The molecule has 3 rings (SSSR count). The van der Waals surface area contributed by atoms with E-state index >= 15 is 0 Å². The Morgan fingerprint density at radius 3 is 2.96 bits per heavy atom. The molecule has 2 heterocycles. The zero-order valence-corrected chi connectivity index (χ0v) is 16.8. The third kappa shape index (κ3) is 5.03. The molecular weight excluding hydrogens is 376 g/mol. The number of carbonyl (C=O) groups is 2. The van der Waals surface area contributed by atoms with Crippen LogP contribution in [-0.4, -0.2) is 57.0 Å². The second-order valence-electron chi connectivity index (χ2n) is 6.85. The number of benzene rings is 1. The number of rotatable bonds is 7. The summed E-state index contributed by atoms with van der Waals surface area (Å²) >= 11 is 1.40. The van der Waals surface area contributed by atoms with E-state index < -0.39 is 6.03 Å². The highest BCUT2D eigenvalue weighted by atomic mass is 32.2. The molecule has 1 fully saturated rings. The molecule has 1 aromatic carbocycles. The average molecular weight is 403 g/mol. The van der Waals surface area contributed by atoms with Crippen LogP contribution in [0.3, 0.4) is 0 Å². The van der Waals surface area contributed by atoms with E-state index in [9.17, 15) is 9.59 Å². The smallest absolute Gasteiger partial charge is 0.312 e. The van der Waals surface area contributed by atoms with E-state index in [2.05, 4.69) is 28.5 Å². The number of hydrogen-bond acceptors (Lipinski definition) is 5. The highest BCUT2D eigenvalue weighted by Gasteiger charge is 2.24. The van der Waals surface area contributed by atoms with Crippen molar-refractivity contribution < 1.29 is 9.59 Å². The number of nitrogens with zero attached hydrogens (tertiary/aromatic N) is 4. The van der Waals surface area contributed by atoms with E-state index in [1.54, 1.807) is 6.33 Å². The van der Waals surface area contributed by atoms with Gasteiger partial charge in [0.1, 0.15) is 6.33 Å². The van der Waals surface area contributed by atoms with Gasteiger partial charge in [-0.15, -0.1) is 10.2 Å². The van der Waals surface area contributed by atoms with Gasteiger partial charge in [-0.05, 0) is 36.8 Å². The summed E-state index contributed by atoms with van der Waals surface area (Å²) in [5.74, 6) is 0.630. The summed E-state index contributed by atoms with van der Waals surface area (Å²) in [7, 11) is 0. The maximum Gasteiger partial charge on any atom is 0.312 e. The first-order chi connectivity index (χ1) is 13.6. The molecular formula is C19H26N6O2S. The lowest BCUT2D eigenvalue weighted by Gasteiger charge is -2.32. The van der Waals surface area contributed by atoms with Gasteiger partial charge in [0.25, 0.3) is 0 Å². The van der Waals surface area contributed by atoms with E-state index in [0.717, 1.165) is 31.5 Å². The van der Waals surface area contributed by atoms with Crippen LogP contribution in [0.1, 0.15) is 25.3 Å². The Bertz CT molecular complexity index is 824. The van der Waals surface area contributed by atoms with E-state index in [1.807, 2.05) is 27.7 Å². The summed E-state index contributed by atoms with van der Waals surface area (Å²) in [6.45, 7) is 4.01. The molecule has 0 aliphatic carbocycles. The number of piperidine rings is 1. The quantitative estimate of drug-likeness (QED) is 0.687. The molecule has 9 heteroatoms. The molecule has 28 heavy (non-hydrogen) atoms. The van der Waals surface area contributed by atoms with E-state index in [1.165, 1.54) is 17.3 Å². The Balaban J connectivity index is 1.60. The van der Waals surface area contributed by atoms with Gasteiger partial charge < -0.3 is 16.0 Å².